The second-order valence-electron chi connectivity index (χ2n) is 4.81. The fourth-order valence-corrected chi connectivity index (χ4v) is 2.21. The third-order valence-corrected chi connectivity index (χ3v) is 3.31. The second-order valence-corrected chi connectivity index (χ2v) is 4.81. The molecule has 22 heavy (non-hydrogen) atoms. The lowest BCUT2D eigenvalue weighted by Crippen LogP contribution is -1.86. The fourth-order valence-electron chi connectivity index (χ4n) is 2.21. The molecule has 0 aliphatic carbocycles. The number of aliphatic imine (C=N–C) groups is 2. The van der Waals surface area contributed by atoms with Gasteiger partial charge in [0.2, 0.25) is 0 Å². The van der Waals surface area contributed by atoms with Crippen LogP contribution in [0.15, 0.2) is 58.8 Å². The average Bonchev–Trinajstić information content (AvgIpc) is 2.99. The molecule has 0 radical (unpaired) electrons. The third-order valence-electron chi connectivity index (χ3n) is 3.31. The van der Waals surface area contributed by atoms with Crippen LogP contribution in [0.4, 0.5) is 0 Å². The first-order chi connectivity index (χ1) is 10.8. The molecule has 5 nitrogen and oxygen atoms in total. The van der Waals surface area contributed by atoms with E-state index in [1.165, 1.54) is 6.34 Å². The van der Waals surface area contributed by atoms with Gasteiger partial charge in [-0.1, -0.05) is 30.3 Å². The van der Waals surface area contributed by atoms with Crippen molar-refractivity contribution in [1.82, 2.24) is 15.2 Å². The Kier molecular flexibility index (Phi) is 3.87. The van der Waals surface area contributed by atoms with Crippen molar-refractivity contribution in [3.63, 3.8) is 0 Å². The van der Waals surface area contributed by atoms with Crippen LogP contribution in [-0.2, 0) is 0 Å². The van der Waals surface area contributed by atoms with Crippen molar-refractivity contribution in [2.75, 3.05) is 0 Å². The van der Waals surface area contributed by atoms with Gasteiger partial charge in [-0.25, -0.2) is 4.99 Å². The van der Waals surface area contributed by atoms with Gasteiger partial charge in [0.15, 0.2) is 0 Å². The fraction of sp³-hybridized carbons (Fsp3) is 0.0588. The third kappa shape index (κ3) is 2.69. The molecule has 0 aliphatic heterocycles. The maximum absolute atomic E-state index is 4.43. The molecule has 108 valence electrons. The number of aromatic amines is 1. The van der Waals surface area contributed by atoms with Crippen molar-refractivity contribution in [1.29, 1.82) is 0 Å². The van der Waals surface area contributed by atoms with Gasteiger partial charge in [0.1, 0.15) is 12.0 Å². The van der Waals surface area contributed by atoms with E-state index in [0.29, 0.717) is 0 Å². The van der Waals surface area contributed by atoms with Crippen molar-refractivity contribution in [3.8, 4) is 11.3 Å². The summed E-state index contributed by atoms with van der Waals surface area (Å²) in [5.41, 5.74) is 4.70. The number of nitrogens with one attached hydrogen (secondary N) is 1. The molecule has 0 aliphatic rings. The van der Waals surface area contributed by atoms with Gasteiger partial charge in [0, 0.05) is 17.1 Å². The molecular formula is C17H15N5. The van der Waals surface area contributed by atoms with Crippen LogP contribution < -0.4 is 0 Å². The highest BCUT2D eigenvalue weighted by Gasteiger charge is 2.09. The van der Waals surface area contributed by atoms with Crippen LogP contribution >= 0.6 is 0 Å². The van der Waals surface area contributed by atoms with Gasteiger partial charge in [0.05, 0.1) is 17.4 Å². The van der Waals surface area contributed by atoms with Gasteiger partial charge in [-0.2, -0.15) is 5.10 Å². The summed E-state index contributed by atoms with van der Waals surface area (Å²) in [7, 11) is 0. The molecule has 0 saturated carbocycles. The van der Waals surface area contributed by atoms with Crippen LogP contribution in [0, 0.1) is 0 Å². The SMILES string of the molecule is C=N/C=N\C=C(/C)c1cc2c(-c3ccccc3)n[nH]c2cn1. The molecule has 2 heterocycles. The monoisotopic (exact) mass is 289 g/mol. The largest absolute Gasteiger partial charge is 0.276 e. The van der Waals surface area contributed by atoms with Gasteiger partial charge in [-0.05, 0) is 25.3 Å². The molecule has 5 heteroatoms. The predicted octanol–water partition coefficient (Wildman–Crippen LogP) is 3.71. The molecular weight excluding hydrogens is 274 g/mol. The van der Waals surface area contributed by atoms with E-state index >= 15 is 0 Å². The first kappa shape index (κ1) is 13.9. The van der Waals surface area contributed by atoms with E-state index in [2.05, 4.69) is 31.9 Å². The van der Waals surface area contributed by atoms with Crippen LogP contribution in [0.1, 0.15) is 12.6 Å². The summed E-state index contributed by atoms with van der Waals surface area (Å²) in [5, 5.41) is 8.46. The van der Waals surface area contributed by atoms with Crippen molar-refractivity contribution in [2.45, 2.75) is 6.92 Å². The Morgan fingerprint density at radius 1 is 1.27 bits per heavy atom. The maximum Gasteiger partial charge on any atom is 0.114 e. The van der Waals surface area contributed by atoms with Gasteiger partial charge in [0.25, 0.3) is 0 Å². The normalized spacial score (nSPS) is 12.1. The Balaban J connectivity index is 2.07. The smallest absolute Gasteiger partial charge is 0.114 e. The molecule has 3 aromatic rings. The number of nitrogens with zero attached hydrogens (tertiary/aromatic N) is 4. The number of fused-ring (bicyclic) bond motifs is 1. The lowest BCUT2D eigenvalue weighted by atomic mass is 10.1. The van der Waals surface area contributed by atoms with Crippen LogP contribution in [0.25, 0.3) is 27.7 Å². The highest BCUT2D eigenvalue weighted by Crippen LogP contribution is 2.27. The van der Waals surface area contributed by atoms with Crippen LogP contribution in [0.2, 0.25) is 0 Å². The van der Waals surface area contributed by atoms with E-state index in [9.17, 15) is 0 Å². The van der Waals surface area contributed by atoms with Gasteiger partial charge in [-0.3, -0.25) is 15.1 Å². The summed E-state index contributed by atoms with van der Waals surface area (Å²) >= 11 is 0. The Hall–Kier alpha value is -3.08. The number of allylic oxidation sites excluding steroid dienone is 1. The number of pyridine rings is 1. The number of aromatic nitrogens is 3. The molecule has 0 amide bonds. The molecule has 1 aromatic carbocycles. The molecule has 0 unspecified atom stereocenters. The average molecular weight is 289 g/mol. The summed E-state index contributed by atoms with van der Waals surface area (Å²) in [5.74, 6) is 0. The molecule has 0 saturated heterocycles. The Labute approximate surface area is 128 Å². The van der Waals surface area contributed by atoms with Crippen molar-refractivity contribution in [3.05, 3.63) is 54.5 Å². The number of hydrogen-bond acceptors (Lipinski definition) is 3. The molecule has 1 N–H and O–H groups in total. The molecule has 2 aromatic heterocycles. The minimum atomic E-state index is 0.854. The zero-order chi connectivity index (χ0) is 15.4. The van der Waals surface area contributed by atoms with Crippen LogP contribution in [0.3, 0.4) is 0 Å². The number of rotatable bonds is 4. The number of H-pyrrole nitrogens is 1. The van der Waals surface area contributed by atoms with E-state index in [0.717, 1.165) is 33.4 Å². The van der Waals surface area contributed by atoms with E-state index in [1.807, 2.05) is 43.3 Å². The van der Waals surface area contributed by atoms with Crippen LogP contribution in [-0.4, -0.2) is 28.2 Å². The molecule has 0 fully saturated rings. The predicted molar refractivity (Wildman–Crippen MR) is 91.0 cm³/mol. The Morgan fingerprint density at radius 2 is 2.09 bits per heavy atom. The topological polar surface area (TPSA) is 66.3 Å². The Bertz CT molecular complexity index is 859. The maximum atomic E-state index is 4.43. The summed E-state index contributed by atoms with van der Waals surface area (Å²) in [4.78, 5) is 12.0. The summed E-state index contributed by atoms with van der Waals surface area (Å²) in [6.45, 7) is 5.31. The van der Waals surface area contributed by atoms with Crippen molar-refractivity contribution >= 4 is 29.5 Å². The first-order valence-corrected chi connectivity index (χ1v) is 6.84. The summed E-state index contributed by atoms with van der Waals surface area (Å²) in [6, 6.07) is 12.1. The lowest BCUT2D eigenvalue weighted by Gasteiger charge is -2.01. The lowest BCUT2D eigenvalue weighted by molar-refractivity contribution is 1.12. The van der Waals surface area contributed by atoms with Crippen LogP contribution in [0.5, 0.6) is 0 Å². The number of hydrogen-bond donors (Lipinski definition) is 1. The standard InChI is InChI=1S/C17H15N5/c1-12(9-19-11-18-2)15-8-14-16(10-20-15)21-22-17(14)13-6-4-3-5-7-13/h3-11H,2H2,1H3,(H,21,22)/b12-9+,19-11-. The highest BCUT2D eigenvalue weighted by atomic mass is 15.1. The van der Waals surface area contributed by atoms with E-state index < -0.39 is 0 Å². The van der Waals surface area contributed by atoms with Gasteiger partial charge < -0.3 is 0 Å². The molecule has 3 rings (SSSR count). The summed E-state index contributed by atoms with van der Waals surface area (Å²) in [6.07, 6.45) is 4.90. The summed E-state index contributed by atoms with van der Waals surface area (Å²) < 4.78 is 0. The second kappa shape index (κ2) is 6.13. The zero-order valence-corrected chi connectivity index (χ0v) is 12.2. The van der Waals surface area contributed by atoms with Gasteiger partial charge in [-0.15, -0.1) is 0 Å². The van der Waals surface area contributed by atoms with Gasteiger partial charge >= 0.3 is 0 Å². The minimum Gasteiger partial charge on any atom is -0.276 e. The highest BCUT2D eigenvalue weighted by molar-refractivity contribution is 5.93. The molecule has 0 spiro atoms. The van der Waals surface area contributed by atoms with E-state index in [1.54, 1.807) is 12.4 Å². The van der Waals surface area contributed by atoms with E-state index in [-0.39, 0.29) is 0 Å². The van der Waals surface area contributed by atoms with Crippen molar-refractivity contribution in [2.24, 2.45) is 9.98 Å². The molecule has 0 bridgehead atoms. The quantitative estimate of drug-likeness (QED) is 0.587. The number of benzene rings is 1. The minimum absolute atomic E-state index is 0.854. The Morgan fingerprint density at radius 3 is 2.86 bits per heavy atom. The first-order valence-electron chi connectivity index (χ1n) is 6.84. The van der Waals surface area contributed by atoms with Crippen molar-refractivity contribution < 1.29 is 0 Å². The zero-order valence-electron chi connectivity index (χ0n) is 12.2. The molecule has 0 atom stereocenters. The van der Waals surface area contributed by atoms with E-state index in [4.69, 9.17) is 0 Å².